The van der Waals surface area contributed by atoms with Gasteiger partial charge in [-0.15, -0.1) is 0 Å². The number of carbonyl (C=O) groups excluding carboxylic acids is 2. The fraction of sp³-hybridized carbons (Fsp3) is 0.529. The molecule has 2 amide bonds. The second kappa shape index (κ2) is 8.50. The van der Waals surface area contributed by atoms with Gasteiger partial charge >= 0.3 is 0 Å². The van der Waals surface area contributed by atoms with Gasteiger partial charge in [-0.25, -0.2) is 0 Å². The summed E-state index contributed by atoms with van der Waals surface area (Å²) in [6.07, 6.45) is 0.453. The summed E-state index contributed by atoms with van der Waals surface area (Å²) >= 11 is 1.87. The first-order valence-electron chi connectivity index (χ1n) is 8.30. The number of morpholine rings is 1. The van der Waals surface area contributed by atoms with E-state index in [1.807, 2.05) is 17.8 Å². The van der Waals surface area contributed by atoms with Crippen LogP contribution in [-0.4, -0.2) is 67.1 Å². The minimum Gasteiger partial charge on any atom is -0.378 e. The predicted molar refractivity (Wildman–Crippen MR) is 95.5 cm³/mol. The minimum atomic E-state index is -0.0222. The summed E-state index contributed by atoms with van der Waals surface area (Å²) in [6, 6.07) is 7.38. The lowest BCUT2D eigenvalue weighted by atomic mass is 10.1. The molecular formula is C17H23N3O3S. The highest BCUT2D eigenvalue weighted by molar-refractivity contribution is 7.99. The lowest BCUT2D eigenvalue weighted by Crippen LogP contribution is -2.40. The third-order valence-corrected chi connectivity index (χ3v) is 5.25. The zero-order valence-electron chi connectivity index (χ0n) is 13.6. The molecule has 2 fully saturated rings. The van der Waals surface area contributed by atoms with E-state index in [9.17, 15) is 9.59 Å². The van der Waals surface area contributed by atoms with Crippen molar-refractivity contribution in [3.63, 3.8) is 0 Å². The van der Waals surface area contributed by atoms with Gasteiger partial charge in [0.1, 0.15) is 0 Å². The van der Waals surface area contributed by atoms with Gasteiger partial charge in [-0.1, -0.05) is 6.07 Å². The standard InChI is InChI=1S/C17H23N3O3S/c21-16(11-15-12-24-9-4-18-15)19-14-3-1-2-13(10-14)17(22)20-5-7-23-8-6-20/h1-3,10,15,18H,4-9,11-12H2,(H,19,21). The molecule has 1 aromatic carbocycles. The lowest BCUT2D eigenvalue weighted by Gasteiger charge is -2.27. The Labute approximate surface area is 146 Å². The van der Waals surface area contributed by atoms with Gasteiger partial charge in [0.25, 0.3) is 5.91 Å². The van der Waals surface area contributed by atoms with Gasteiger partial charge < -0.3 is 20.3 Å². The summed E-state index contributed by atoms with van der Waals surface area (Å²) in [6.45, 7) is 3.33. The molecule has 0 aromatic heterocycles. The van der Waals surface area contributed by atoms with Crippen LogP contribution in [0.2, 0.25) is 0 Å². The molecule has 2 heterocycles. The molecule has 2 aliphatic heterocycles. The number of anilines is 1. The smallest absolute Gasteiger partial charge is 0.254 e. The molecule has 0 saturated carbocycles. The molecule has 3 rings (SSSR count). The molecule has 1 aromatic rings. The quantitative estimate of drug-likeness (QED) is 0.855. The summed E-state index contributed by atoms with van der Waals surface area (Å²) in [5.74, 6) is 2.03. The van der Waals surface area contributed by atoms with Gasteiger partial charge in [0, 0.05) is 54.9 Å². The maximum atomic E-state index is 12.5. The molecular weight excluding hydrogens is 326 g/mol. The van der Waals surface area contributed by atoms with E-state index < -0.39 is 0 Å². The summed E-state index contributed by atoms with van der Waals surface area (Å²) in [4.78, 5) is 26.5. The first-order chi connectivity index (χ1) is 11.7. The highest BCUT2D eigenvalue weighted by atomic mass is 32.2. The van der Waals surface area contributed by atoms with E-state index in [-0.39, 0.29) is 17.9 Å². The van der Waals surface area contributed by atoms with Crippen LogP contribution in [-0.2, 0) is 9.53 Å². The van der Waals surface area contributed by atoms with Crippen molar-refractivity contribution in [3.05, 3.63) is 29.8 Å². The molecule has 0 spiro atoms. The monoisotopic (exact) mass is 349 g/mol. The number of amides is 2. The van der Waals surface area contributed by atoms with Crippen LogP contribution >= 0.6 is 11.8 Å². The first-order valence-corrected chi connectivity index (χ1v) is 9.46. The molecule has 6 nitrogen and oxygen atoms in total. The largest absolute Gasteiger partial charge is 0.378 e. The van der Waals surface area contributed by atoms with Crippen molar-refractivity contribution in [2.45, 2.75) is 12.5 Å². The Kier molecular flexibility index (Phi) is 6.12. The van der Waals surface area contributed by atoms with Gasteiger partial charge in [0.05, 0.1) is 13.2 Å². The maximum Gasteiger partial charge on any atom is 0.254 e. The summed E-state index contributed by atoms with van der Waals surface area (Å²) in [5.41, 5.74) is 1.27. The Morgan fingerprint density at radius 1 is 1.33 bits per heavy atom. The topological polar surface area (TPSA) is 70.7 Å². The van der Waals surface area contributed by atoms with Crippen molar-refractivity contribution in [2.75, 3.05) is 49.7 Å². The summed E-state index contributed by atoms with van der Waals surface area (Å²) < 4.78 is 5.28. The normalized spacial score (nSPS) is 21.3. The average molecular weight is 349 g/mol. The second-order valence-electron chi connectivity index (χ2n) is 5.96. The third-order valence-electron chi connectivity index (χ3n) is 4.12. The number of ether oxygens (including phenoxy) is 1. The van der Waals surface area contributed by atoms with Crippen LogP contribution in [0.4, 0.5) is 5.69 Å². The Hall–Kier alpha value is -1.57. The van der Waals surface area contributed by atoms with Crippen LogP contribution in [0.3, 0.4) is 0 Å². The van der Waals surface area contributed by atoms with Gasteiger partial charge in [0.2, 0.25) is 5.91 Å². The molecule has 0 bridgehead atoms. The second-order valence-corrected chi connectivity index (χ2v) is 7.11. The molecule has 2 N–H and O–H groups in total. The van der Waals surface area contributed by atoms with E-state index in [2.05, 4.69) is 10.6 Å². The predicted octanol–water partition coefficient (Wildman–Crippen LogP) is 1.19. The molecule has 24 heavy (non-hydrogen) atoms. The first kappa shape index (κ1) is 17.3. The molecule has 2 saturated heterocycles. The summed E-state index contributed by atoms with van der Waals surface area (Å²) in [5, 5.41) is 6.26. The molecule has 0 aliphatic carbocycles. The van der Waals surface area contributed by atoms with Crippen molar-refractivity contribution in [2.24, 2.45) is 0 Å². The SMILES string of the molecule is O=C(CC1CSCCN1)Nc1cccc(C(=O)N2CCOCC2)c1. The number of nitrogens with zero attached hydrogens (tertiary/aromatic N) is 1. The molecule has 0 radical (unpaired) electrons. The van der Waals surface area contributed by atoms with E-state index in [0.717, 1.165) is 18.1 Å². The van der Waals surface area contributed by atoms with E-state index in [1.54, 1.807) is 23.1 Å². The maximum absolute atomic E-state index is 12.5. The number of carbonyl (C=O) groups is 2. The average Bonchev–Trinajstić information content (AvgIpc) is 2.63. The van der Waals surface area contributed by atoms with Crippen LogP contribution in [0.25, 0.3) is 0 Å². The fourth-order valence-corrected chi connectivity index (χ4v) is 3.81. The summed E-state index contributed by atoms with van der Waals surface area (Å²) in [7, 11) is 0. The lowest BCUT2D eigenvalue weighted by molar-refractivity contribution is -0.116. The van der Waals surface area contributed by atoms with Crippen LogP contribution in [0, 0.1) is 0 Å². The highest BCUT2D eigenvalue weighted by Crippen LogP contribution is 2.15. The van der Waals surface area contributed by atoms with E-state index in [1.165, 1.54) is 0 Å². The van der Waals surface area contributed by atoms with Crippen LogP contribution in [0.5, 0.6) is 0 Å². The van der Waals surface area contributed by atoms with Crippen LogP contribution in [0.1, 0.15) is 16.8 Å². The zero-order chi connectivity index (χ0) is 16.8. The zero-order valence-corrected chi connectivity index (χ0v) is 14.4. The van der Waals surface area contributed by atoms with Gasteiger partial charge in [-0.3, -0.25) is 9.59 Å². The number of nitrogens with one attached hydrogen (secondary N) is 2. The number of hydrogen-bond donors (Lipinski definition) is 2. The van der Waals surface area contributed by atoms with Gasteiger partial charge in [-0.05, 0) is 18.2 Å². The van der Waals surface area contributed by atoms with Crippen LogP contribution in [0.15, 0.2) is 24.3 Å². The Bertz CT molecular complexity index is 584. The molecule has 1 unspecified atom stereocenters. The highest BCUT2D eigenvalue weighted by Gasteiger charge is 2.20. The van der Waals surface area contributed by atoms with Gasteiger partial charge in [0.15, 0.2) is 0 Å². The van der Waals surface area contributed by atoms with Crippen LogP contribution < -0.4 is 10.6 Å². The Morgan fingerprint density at radius 3 is 2.92 bits per heavy atom. The Balaban J connectivity index is 1.57. The number of hydrogen-bond acceptors (Lipinski definition) is 5. The van der Waals surface area contributed by atoms with Crippen molar-refractivity contribution >= 4 is 29.3 Å². The molecule has 130 valence electrons. The van der Waals surface area contributed by atoms with Crippen molar-refractivity contribution < 1.29 is 14.3 Å². The molecule has 7 heteroatoms. The third kappa shape index (κ3) is 4.72. The van der Waals surface area contributed by atoms with E-state index in [4.69, 9.17) is 4.74 Å². The molecule has 2 aliphatic rings. The van der Waals surface area contributed by atoms with Crippen molar-refractivity contribution in [3.8, 4) is 0 Å². The number of benzene rings is 1. The van der Waals surface area contributed by atoms with Crippen molar-refractivity contribution in [1.82, 2.24) is 10.2 Å². The molecule has 1 atom stereocenters. The minimum absolute atomic E-state index is 0.0141. The number of thioether (sulfide) groups is 1. The van der Waals surface area contributed by atoms with Crippen molar-refractivity contribution in [1.29, 1.82) is 0 Å². The number of rotatable bonds is 4. The van der Waals surface area contributed by atoms with Gasteiger partial charge in [-0.2, -0.15) is 11.8 Å². The van der Waals surface area contributed by atoms with E-state index >= 15 is 0 Å². The fourth-order valence-electron chi connectivity index (χ4n) is 2.87. The Morgan fingerprint density at radius 2 is 2.17 bits per heavy atom. The van der Waals surface area contributed by atoms with E-state index in [0.29, 0.717) is 44.0 Å².